The van der Waals surface area contributed by atoms with Crippen molar-refractivity contribution < 1.29 is 14.3 Å². The van der Waals surface area contributed by atoms with Gasteiger partial charge in [-0.2, -0.15) is 0 Å². The molecule has 0 amide bonds. The van der Waals surface area contributed by atoms with E-state index in [-0.39, 0.29) is 18.2 Å². The second-order valence-corrected chi connectivity index (χ2v) is 4.94. The average Bonchev–Trinajstić information content (AvgIpc) is 2.09. The van der Waals surface area contributed by atoms with Gasteiger partial charge in [0, 0.05) is 12.8 Å². The van der Waals surface area contributed by atoms with Gasteiger partial charge < -0.3 is 9.47 Å². The minimum atomic E-state index is -0.161. The van der Waals surface area contributed by atoms with Gasteiger partial charge in [0.05, 0.1) is 12.2 Å². The Morgan fingerprint density at radius 2 is 2.14 bits per heavy atom. The molecule has 0 aromatic heterocycles. The fourth-order valence-electron chi connectivity index (χ4n) is 3.51. The molecule has 2 saturated heterocycles. The lowest BCUT2D eigenvalue weighted by Crippen LogP contribution is -2.56. The molecule has 78 valence electrons. The zero-order valence-electron chi connectivity index (χ0n) is 8.44. The van der Waals surface area contributed by atoms with E-state index < -0.39 is 0 Å². The maximum atomic E-state index is 11.0. The minimum Gasteiger partial charge on any atom is -0.459 e. The zero-order valence-corrected chi connectivity index (χ0v) is 8.44. The molecule has 4 rings (SSSR count). The fourth-order valence-corrected chi connectivity index (χ4v) is 3.51. The van der Waals surface area contributed by atoms with Crippen LogP contribution in [0.25, 0.3) is 0 Å². The Bertz CT molecular complexity index is 233. The summed E-state index contributed by atoms with van der Waals surface area (Å²) in [6, 6.07) is 0. The highest BCUT2D eigenvalue weighted by Crippen LogP contribution is 2.48. The number of carbonyl (C=O) groups excluding carboxylic acids is 1. The molecule has 2 saturated carbocycles. The van der Waals surface area contributed by atoms with Crippen molar-refractivity contribution in [2.24, 2.45) is 11.8 Å². The lowest BCUT2D eigenvalue weighted by molar-refractivity contribution is -0.225. The SMILES string of the molecule is CC(=O)OC1C2CC3CC(C2)OC1C3. The molecule has 0 radical (unpaired) electrons. The molecule has 4 aliphatic rings. The molecule has 5 unspecified atom stereocenters. The smallest absolute Gasteiger partial charge is 0.303 e. The number of hydrogen-bond donors (Lipinski definition) is 0. The predicted molar refractivity (Wildman–Crippen MR) is 49.7 cm³/mol. The molecular weight excluding hydrogens is 180 g/mol. The molecule has 0 spiro atoms. The molecule has 5 atom stereocenters. The molecule has 3 heteroatoms. The summed E-state index contributed by atoms with van der Waals surface area (Å²) >= 11 is 0. The Labute approximate surface area is 83.8 Å². The first-order valence-electron chi connectivity index (χ1n) is 5.55. The van der Waals surface area contributed by atoms with E-state index in [4.69, 9.17) is 9.47 Å². The summed E-state index contributed by atoms with van der Waals surface area (Å²) in [6.07, 6.45) is 5.41. The lowest BCUT2D eigenvalue weighted by Gasteiger charge is -2.53. The van der Waals surface area contributed by atoms with Crippen LogP contribution in [0.2, 0.25) is 0 Å². The third-order valence-corrected chi connectivity index (χ3v) is 3.86. The largest absolute Gasteiger partial charge is 0.459 e. The van der Waals surface area contributed by atoms with Gasteiger partial charge in [0.25, 0.3) is 0 Å². The molecule has 2 heterocycles. The first kappa shape index (κ1) is 8.72. The van der Waals surface area contributed by atoms with E-state index in [0.717, 1.165) is 18.8 Å². The molecule has 4 bridgehead atoms. The first-order chi connectivity index (χ1) is 6.72. The van der Waals surface area contributed by atoms with Gasteiger partial charge in [-0.25, -0.2) is 0 Å². The predicted octanol–water partition coefficient (Wildman–Crippen LogP) is 1.51. The number of rotatable bonds is 1. The van der Waals surface area contributed by atoms with Crippen molar-refractivity contribution in [3.05, 3.63) is 0 Å². The maximum absolute atomic E-state index is 11.0. The average molecular weight is 196 g/mol. The molecule has 2 aliphatic carbocycles. The monoisotopic (exact) mass is 196 g/mol. The van der Waals surface area contributed by atoms with Crippen molar-refractivity contribution in [1.82, 2.24) is 0 Å². The lowest BCUT2D eigenvalue weighted by atomic mass is 9.66. The molecule has 3 nitrogen and oxygen atoms in total. The van der Waals surface area contributed by atoms with E-state index >= 15 is 0 Å². The van der Waals surface area contributed by atoms with Crippen molar-refractivity contribution in [2.45, 2.75) is 50.9 Å². The van der Waals surface area contributed by atoms with Crippen LogP contribution in [-0.2, 0) is 14.3 Å². The van der Waals surface area contributed by atoms with Crippen LogP contribution in [0.3, 0.4) is 0 Å². The summed E-state index contributed by atoms with van der Waals surface area (Å²) in [5, 5.41) is 0. The van der Waals surface area contributed by atoms with Crippen LogP contribution in [-0.4, -0.2) is 24.3 Å². The van der Waals surface area contributed by atoms with E-state index in [1.54, 1.807) is 0 Å². The van der Waals surface area contributed by atoms with E-state index in [9.17, 15) is 4.79 Å². The van der Waals surface area contributed by atoms with Crippen molar-refractivity contribution >= 4 is 5.97 Å². The molecule has 2 aliphatic heterocycles. The maximum Gasteiger partial charge on any atom is 0.303 e. The molecule has 4 fully saturated rings. The van der Waals surface area contributed by atoms with Gasteiger partial charge in [0.2, 0.25) is 0 Å². The zero-order chi connectivity index (χ0) is 9.71. The Morgan fingerprint density at radius 1 is 1.29 bits per heavy atom. The summed E-state index contributed by atoms with van der Waals surface area (Å²) < 4.78 is 11.2. The molecule has 0 aromatic carbocycles. The van der Waals surface area contributed by atoms with Crippen LogP contribution in [0.1, 0.15) is 32.6 Å². The Kier molecular flexibility index (Phi) is 1.84. The number of carbonyl (C=O) groups is 1. The quantitative estimate of drug-likeness (QED) is 0.596. The Hall–Kier alpha value is -0.570. The number of hydrogen-bond acceptors (Lipinski definition) is 3. The van der Waals surface area contributed by atoms with E-state index in [1.807, 2.05) is 0 Å². The van der Waals surface area contributed by atoms with Crippen molar-refractivity contribution in [3.63, 3.8) is 0 Å². The molecular formula is C11H16O3. The highest BCUT2D eigenvalue weighted by molar-refractivity contribution is 5.66. The summed E-state index contributed by atoms with van der Waals surface area (Å²) in [6.45, 7) is 1.49. The van der Waals surface area contributed by atoms with E-state index in [0.29, 0.717) is 12.0 Å². The van der Waals surface area contributed by atoms with Crippen molar-refractivity contribution in [1.29, 1.82) is 0 Å². The van der Waals surface area contributed by atoms with Gasteiger partial charge in [-0.3, -0.25) is 4.79 Å². The summed E-state index contributed by atoms with van der Waals surface area (Å²) in [5.74, 6) is 1.26. The Balaban J connectivity index is 1.77. The molecule has 0 aromatic rings. The topological polar surface area (TPSA) is 35.5 Å². The highest BCUT2D eigenvalue weighted by Gasteiger charge is 2.50. The Morgan fingerprint density at radius 3 is 2.79 bits per heavy atom. The third kappa shape index (κ3) is 1.26. The molecule has 14 heavy (non-hydrogen) atoms. The summed E-state index contributed by atoms with van der Waals surface area (Å²) in [7, 11) is 0. The normalized spacial score (nSPS) is 49.4. The number of esters is 1. The standard InChI is InChI=1S/C11H16O3/c1-6(12)13-11-8-2-7-3-9(5-8)14-10(11)4-7/h7-11H,2-5H2,1H3. The van der Waals surface area contributed by atoms with Crippen LogP contribution in [0.4, 0.5) is 0 Å². The molecule has 0 N–H and O–H groups in total. The van der Waals surface area contributed by atoms with Crippen molar-refractivity contribution in [2.75, 3.05) is 0 Å². The van der Waals surface area contributed by atoms with Crippen molar-refractivity contribution in [3.8, 4) is 0 Å². The fraction of sp³-hybridized carbons (Fsp3) is 0.909. The van der Waals surface area contributed by atoms with Gasteiger partial charge in [-0.1, -0.05) is 0 Å². The van der Waals surface area contributed by atoms with E-state index in [2.05, 4.69) is 0 Å². The van der Waals surface area contributed by atoms with Gasteiger partial charge in [-0.05, 0) is 31.6 Å². The minimum absolute atomic E-state index is 0.0558. The van der Waals surface area contributed by atoms with E-state index in [1.165, 1.54) is 19.8 Å². The van der Waals surface area contributed by atoms with Crippen LogP contribution < -0.4 is 0 Å². The highest BCUT2D eigenvalue weighted by atomic mass is 16.6. The van der Waals surface area contributed by atoms with Crippen LogP contribution in [0.15, 0.2) is 0 Å². The second-order valence-electron chi connectivity index (χ2n) is 4.94. The third-order valence-electron chi connectivity index (χ3n) is 3.86. The van der Waals surface area contributed by atoms with Gasteiger partial charge in [0.1, 0.15) is 6.10 Å². The first-order valence-corrected chi connectivity index (χ1v) is 5.55. The van der Waals surface area contributed by atoms with Crippen LogP contribution >= 0.6 is 0 Å². The van der Waals surface area contributed by atoms with Crippen LogP contribution in [0.5, 0.6) is 0 Å². The van der Waals surface area contributed by atoms with Gasteiger partial charge in [-0.15, -0.1) is 0 Å². The number of ether oxygens (including phenoxy) is 2. The second kappa shape index (κ2) is 2.96. The summed E-state index contributed by atoms with van der Waals surface area (Å²) in [4.78, 5) is 11.0. The van der Waals surface area contributed by atoms with Gasteiger partial charge >= 0.3 is 5.97 Å². The van der Waals surface area contributed by atoms with Crippen LogP contribution in [0, 0.1) is 11.8 Å². The summed E-state index contributed by atoms with van der Waals surface area (Å²) in [5.41, 5.74) is 0. The van der Waals surface area contributed by atoms with Gasteiger partial charge in [0.15, 0.2) is 0 Å².